The minimum absolute atomic E-state index is 0.108. The lowest BCUT2D eigenvalue weighted by Gasteiger charge is -2.08. The zero-order valence-corrected chi connectivity index (χ0v) is 16.9. The first kappa shape index (κ1) is 18.7. The quantitative estimate of drug-likeness (QED) is 0.528. The third-order valence-corrected chi connectivity index (χ3v) is 4.49. The van der Waals surface area contributed by atoms with Crippen LogP contribution in [0.5, 0.6) is 5.75 Å². The highest BCUT2D eigenvalue weighted by molar-refractivity contribution is 9.11. The van der Waals surface area contributed by atoms with E-state index >= 15 is 0 Å². The van der Waals surface area contributed by atoms with Crippen molar-refractivity contribution in [2.24, 2.45) is 5.10 Å². The molecule has 2 aromatic rings. The van der Waals surface area contributed by atoms with E-state index in [-0.39, 0.29) is 12.5 Å². The minimum Gasteiger partial charge on any atom is -0.483 e. The molecule has 1 amide bonds. The van der Waals surface area contributed by atoms with Crippen molar-refractivity contribution >= 4 is 44.0 Å². The highest BCUT2D eigenvalue weighted by atomic mass is 79.9. The van der Waals surface area contributed by atoms with E-state index in [1.54, 1.807) is 12.3 Å². The van der Waals surface area contributed by atoms with E-state index < -0.39 is 0 Å². The van der Waals surface area contributed by atoms with Crippen LogP contribution in [0.15, 0.2) is 44.4 Å². The molecule has 0 aromatic heterocycles. The molecule has 24 heavy (non-hydrogen) atoms. The molecule has 0 fully saturated rings. The highest BCUT2D eigenvalue weighted by Crippen LogP contribution is 2.28. The summed E-state index contributed by atoms with van der Waals surface area (Å²) >= 11 is 6.75. The number of hydrogen-bond donors (Lipinski definition) is 1. The van der Waals surface area contributed by atoms with E-state index in [2.05, 4.69) is 61.4 Å². The number of amides is 1. The second-order valence-corrected chi connectivity index (χ2v) is 7.24. The molecule has 2 aromatic carbocycles. The lowest BCUT2D eigenvalue weighted by atomic mass is 10.0. The molecule has 0 saturated carbocycles. The van der Waals surface area contributed by atoms with Gasteiger partial charge in [0.15, 0.2) is 6.61 Å². The van der Waals surface area contributed by atoms with Gasteiger partial charge in [0.05, 0.1) is 10.7 Å². The summed E-state index contributed by atoms with van der Waals surface area (Å²) in [6.07, 6.45) is 1.66. The first-order chi connectivity index (χ1) is 11.4. The number of benzene rings is 2. The van der Waals surface area contributed by atoms with Crippen LogP contribution in [0.3, 0.4) is 0 Å². The van der Waals surface area contributed by atoms with Gasteiger partial charge in [-0.2, -0.15) is 5.10 Å². The van der Waals surface area contributed by atoms with Crippen LogP contribution >= 0.6 is 31.9 Å². The van der Waals surface area contributed by atoms with Crippen molar-refractivity contribution in [3.63, 3.8) is 0 Å². The average molecular weight is 454 g/mol. The van der Waals surface area contributed by atoms with Crippen LogP contribution < -0.4 is 10.2 Å². The van der Waals surface area contributed by atoms with Crippen molar-refractivity contribution in [2.75, 3.05) is 6.61 Å². The molecule has 0 spiro atoms. The van der Waals surface area contributed by atoms with Crippen molar-refractivity contribution in [3.05, 3.63) is 61.5 Å². The molecule has 0 radical (unpaired) electrons. The zero-order chi connectivity index (χ0) is 17.7. The number of hydrazone groups is 1. The lowest BCUT2D eigenvalue weighted by molar-refractivity contribution is -0.123. The Hall–Kier alpha value is -1.66. The number of carbonyl (C=O) groups is 1. The summed E-state index contributed by atoms with van der Waals surface area (Å²) in [6, 6.07) is 9.66. The number of rotatable bonds is 5. The molecule has 0 atom stereocenters. The molecule has 4 nitrogen and oxygen atoms in total. The molecule has 0 bridgehead atoms. The maximum atomic E-state index is 11.8. The van der Waals surface area contributed by atoms with Gasteiger partial charge in [-0.15, -0.1) is 0 Å². The standard InChI is InChI=1S/C18H18Br2N2O2/c1-11-6-12(2)15(13(3)7-11)9-21-22-18(23)10-24-17-5-4-14(19)8-16(17)20/h4-9H,10H2,1-3H3,(H,22,23). The average Bonchev–Trinajstić information content (AvgIpc) is 2.49. The Morgan fingerprint density at radius 2 is 1.83 bits per heavy atom. The highest BCUT2D eigenvalue weighted by Gasteiger charge is 2.06. The van der Waals surface area contributed by atoms with Gasteiger partial charge in [-0.1, -0.05) is 33.6 Å². The van der Waals surface area contributed by atoms with Crippen LogP contribution in [0, 0.1) is 20.8 Å². The van der Waals surface area contributed by atoms with Crippen LogP contribution in [-0.4, -0.2) is 18.7 Å². The van der Waals surface area contributed by atoms with Crippen LogP contribution in [0.1, 0.15) is 22.3 Å². The largest absolute Gasteiger partial charge is 0.483 e. The zero-order valence-electron chi connectivity index (χ0n) is 13.7. The maximum Gasteiger partial charge on any atom is 0.277 e. The minimum atomic E-state index is -0.316. The molecule has 0 unspecified atom stereocenters. The van der Waals surface area contributed by atoms with Gasteiger partial charge in [-0.3, -0.25) is 4.79 Å². The van der Waals surface area contributed by atoms with E-state index in [9.17, 15) is 4.79 Å². The van der Waals surface area contributed by atoms with Gasteiger partial charge in [-0.05, 0) is 66.0 Å². The molecule has 0 aliphatic heterocycles. The van der Waals surface area contributed by atoms with Crippen LogP contribution in [0.2, 0.25) is 0 Å². The number of ether oxygens (including phenoxy) is 1. The summed E-state index contributed by atoms with van der Waals surface area (Å²) in [6.45, 7) is 6.00. The van der Waals surface area contributed by atoms with Crippen molar-refractivity contribution in [2.45, 2.75) is 20.8 Å². The number of carbonyl (C=O) groups excluding carboxylic acids is 1. The Morgan fingerprint density at radius 3 is 2.46 bits per heavy atom. The summed E-state index contributed by atoms with van der Waals surface area (Å²) in [7, 11) is 0. The summed E-state index contributed by atoms with van der Waals surface area (Å²) in [5.74, 6) is 0.283. The number of hydrogen-bond acceptors (Lipinski definition) is 3. The van der Waals surface area contributed by atoms with Crippen LogP contribution in [0.25, 0.3) is 0 Å². The Bertz CT molecular complexity index is 766. The fraction of sp³-hybridized carbons (Fsp3) is 0.222. The van der Waals surface area contributed by atoms with Crippen molar-refractivity contribution in [1.29, 1.82) is 0 Å². The van der Waals surface area contributed by atoms with E-state index in [1.165, 1.54) is 5.56 Å². The Kier molecular flexibility index (Phi) is 6.57. The maximum absolute atomic E-state index is 11.8. The predicted octanol–water partition coefficient (Wildman–Crippen LogP) is 4.67. The Morgan fingerprint density at radius 1 is 1.17 bits per heavy atom. The van der Waals surface area contributed by atoms with Crippen LogP contribution in [0.4, 0.5) is 0 Å². The van der Waals surface area contributed by atoms with Gasteiger partial charge in [0.2, 0.25) is 0 Å². The summed E-state index contributed by atoms with van der Waals surface area (Å²) in [5.41, 5.74) is 6.95. The molecule has 6 heteroatoms. The summed E-state index contributed by atoms with van der Waals surface area (Å²) in [5, 5.41) is 4.02. The van der Waals surface area contributed by atoms with Crippen molar-refractivity contribution in [1.82, 2.24) is 5.43 Å². The van der Waals surface area contributed by atoms with Gasteiger partial charge in [0.25, 0.3) is 5.91 Å². The molecule has 0 heterocycles. The van der Waals surface area contributed by atoms with Crippen molar-refractivity contribution < 1.29 is 9.53 Å². The molecular formula is C18H18Br2N2O2. The van der Waals surface area contributed by atoms with Gasteiger partial charge in [0.1, 0.15) is 5.75 Å². The molecule has 1 N–H and O–H groups in total. The van der Waals surface area contributed by atoms with Crippen LogP contribution in [-0.2, 0) is 4.79 Å². The second-order valence-electron chi connectivity index (χ2n) is 5.47. The molecule has 0 aliphatic rings. The lowest BCUT2D eigenvalue weighted by Crippen LogP contribution is -2.24. The SMILES string of the molecule is Cc1cc(C)c(C=NNC(=O)COc2ccc(Br)cc2Br)c(C)c1. The normalized spacial score (nSPS) is 10.9. The molecular weight excluding hydrogens is 436 g/mol. The summed E-state index contributed by atoms with van der Waals surface area (Å²) in [4.78, 5) is 11.8. The van der Waals surface area contributed by atoms with E-state index in [0.29, 0.717) is 5.75 Å². The smallest absolute Gasteiger partial charge is 0.277 e. The number of aryl methyl sites for hydroxylation is 3. The third kappa shape index (κ3) is 5.18. The first-order valence-electron chi connectivity index (χ1n) is 7.34. The number of halogens is 2. The van der Waals surface area contributed by atoms with Gasteiger partial charge in [-0.25, -0.2) is 5.43 Å². The fourth-order valence-electron chi connectivity index (χ4n) is 2.33. The predicted molar refractivity (Wildman–Crippen MR) is 104 cm³/mol. The Balaban J connectivity index is 1.91. The van der Waals surface area contributed by atoms with E-state index in [0.717, 1.165) is 25.6 Å². The van der Waals surface area contributed by atoms with E-state index in [1.807, 2.05) is 26.0 Å². The number of nitrogens with zero attached hydrogens (tertiary/aromatic N) is 1. The molecule has 0 aliphatic carbocycles. The fourth-order valence-corrected chi connectivity index (χ4v) is 3.49. The van der Waals surface area contributed by atoms with Gasteiger partial charge >= 0.3 is 0 Å². The topological polar surface area (TPSA) is 50.7 Å². The molecule has 2 rings (SSSR count). The van der Waals surface area contributed by atoms with Gasteiger partial charge in [0, 0.05) is 10.0 Å². The number of nitrogens with one attached hydrogen (secondary N) is 1. The first-order valence-corrected chi connectivity index (χ1v) is 8.93. The Labute approximate surface area is 158 Å². The molecule has 0 saturated heterocycles. The van der Waals surface area contributed by atoms with Gasteiger partial charge < -0.3 is 4.74 Å². The second kappa shape index (κ2) is 8.44. The summed E-state index contributed by atoms with van der Waals surface area (Å²) < 4.78 is 7.17. The van der Waals surface area contributed by atoms with E-state index in [4.69, 9.17) is 4.74 Å². The third-order valence-electron chi connectivity index (χ3n) is 3.37. The molecule has 126 valence electrons. The monoisotopic (exact) mass is 452 g/mol. The van der Waals surface area contributed by atoms with Crippen molar-refractivity contribution in [3.8, 4) is 5.75 Å².